The van der Waals surface area contributed by atoms with Crippen LogP contribution in [0.3, 0.4) is 0 Å². The molecule has 1 aromatic rings. The Kier molecular flexibility index (Phi) is 5.37. The van der Waals surface area contributed by atoms with Gasteiger partial charge in [-0.15, -0.1) is 0 Å². The van der Waals surface area contributed by atoms with Crippen molar-refractivity contribution in [3.05, 3.63) is 30.1 Å². The molecule has 1 N–H and O–H groups in total. The lowest BCUT2D eigenvalue weighted by Crippen LogP contribution is -2.58. The second-order valence-corrected chi connectivity index (χ2v) is 7.17. The molecule has 3 atom stereocenters. The van der Waals surface area contributed by atoms with Crippen LogP contribution in [0.5, 0.6) is 0 Å². The molecule has 2 aliphatic rings. The van der Waals surface area contributed by atoms with Crippen molar-refractivity contribution in [2.24, 2.45) is 5.92 Å². The number of piperidine rings is 2. The van der Waals surface area contributed by atoms with E-state index in [1.165, 1.54) is 12.1 Å². The van der Waals surface area contributed by atoms with E-state index < -0.39 is 0 Å². The number of carbonyl (C=O) groups excluding carboxylic acids is 2. The zero-order valence-corrected chi connectivity index (χ0v) is 14.9. The molecule has 0 aliphatic carbocycles. The highest BCUT2D eigenvalue weighted by molar-refractivity contribution is 5.97. The summed E-state index contributed by atoms with van der Waals surface area (Å²) in [7, 11) is 0. The van der Waals surface area contributed by atoms with E-state index in [9.17, 15) is 14.0 Å². The van der Waals surface area contributed by atoms with Crippen LogP contribution in [0, 0.1) is 11.7 Å². The standard InChI is InChI=1S/C19H26FN3O2/c1-13-12-22(14(2)24)10-8-17(13)21-18-7-4-9-23(19(18)25)16-6-3-5-15(20)11-16/h3,5-6,11,13,17-18,21H,4,7-10,12H2,1-2H3/t13-,17-,18+/m0/s1. The molecular formula is C19H26FN3O2. The number of halogens is 1. The molecule has 0 spiro atoms. The first-order valence-electron chi connectivity index (χ1n) is 9.04. The van der Waals surface area contributed by atoms with Crippen LogP contribution in [0.4, 0.5) is 10.1 Å². The summed E-state index contributed by atoms with van der Waals surface area (Å²) in [5, 5.41) is 3.51. The number of nitrogens with zero attached hydrogens (tertiary/aromatic N) is 2. The van der Waals surface area contributed by atoms with Crippen LogP contribution in [0.2, 0.25) is 0 Å². The number of nitrogens with one attached hydrogen (secondary N) is 1. The van der Waals surface area contributed by atoms with Crippen molar-refractivity contribution in [3.63, 3.8) is 0 Å². The third-order valence-corrected chi connectivity index (χ3v) is 5.32. The zero-order chi connectivity index (χ0) is 18.0. The fraction of sp³-hybridized carbons (Fsp3) is 0.579. The van der Waals surface area contributed by atoms with Gasteiger partial charge in [0.25, 0.3) is 0 Å². The Morgan fingerprint density at radius 1 is 1.28 bits per heavy atom. The number of hydrogen-bond acceptors (Lipinski definition) is 3. The predicted octanol–water partition coefficient (Wildman–Crippen LogP) is 2.17. The van der Waals surface area contributed by atoms with Gasteiger partial charge in [-0.2, -0.15) is 0 Å². The van der Waals surface area contributed by atoms with Crippen molar-refractivity contribution in [2.45, 2.75) is 45.2 Å². The van der Waals surface area contributed by atoms with E-state index in [0.29, 0.717) is 18.2 Å². The quantitative estimate of drug-likeness (QED) is 0.912. The van der Waals surface area contributed by atoms with E-state index >= 15 is 0 Å². The van der Waals surface area contributed by atoms with E-state index in [1.807, 2.05) is 4.90 Å². The number of rotatable bonds is 3. The number of likely N-dealkylation sites (tertiary alicyclic amines) is 1. The minimum Gasteiger partial charge on any atom is -0.343 e. The Labute approximate surface area is 148 Å². The fourth-order valence-electron chi connectivity index (χ4n) is 3.87. The third-order valence-electron chi connectivity index (χ3n) is 5.32. The summed E-state index contributed by atoms with van der Waals surface area (Å²) in [6.45, 7) is 5.79. The normalized spacial score (nSPS) is 27.5. The van der Waals surface area contributed by atoms with Crippen molar-refractivity contribution in [1.29, 1.82) is 0 Å². The molecule has 2 aliphatic heterocycles. The van der Waals surface area contributed by atoms with Crippen molar-refractivity contribution < 1.29 is 14.0 Å². The van der Waals surface area contributed by atoms with Gasteiger partial charge in [0.1, 0.15) is 5.82 Å². The highest BCUT2D eigenvalue weighted by Crippen LogP contribution is 2.24. The summed E-state index contributed by atoms with van der Waals surface area (Å²) in [5.74, 6) is 0.0926. The van der Waals surface area contributed by atoms with E-state index in [4.69, 9.17) is 0 Å². The lowest BCUT2D eigenvalue weighted by atomic mass is 9.91. The average molecular weight is 347 g/mol. The smallest absolute Gasteiger partial charge is 0.244 e. The number of anilines is 1. The van der Waals surface area contributed by atoms with Gasteiger partial charge < -0.3 is 15.1 Å². The van der Waals surface area contributed by atoms with E-state index in [0.717, 1.165) is 32.4 Å². The van der Waals surface area contributed by atoms with Crippen LogP contribution in [-0.4, -0.2) is 48.4 Å². The molecular weight excluding hydrogens is 321 g/mol. The number of carbonyl (C=O) groups is 2. The summed E-state index contributed by atoms with van der Waals surface area (Å²) < 4.78 is 13.5. The summed E-state index contributed by atoms with van der Waals surface area (Å²) in [4.78, 5) is 27.9. The molecule has 0 unspecified atom stereocenters. The summed E-state index contributed by atoms with van der Waals surface area (Å²) in [5.41, 5.74) is 0.621. The summed E-state index contributed by atoms with van der Waals surface area (Å²) in [6.07, 6.45) is 2.54. The SMILES string of the molecule is CC(=O)N1CC[C@H](N[C@@H]2CCCN(c3cccc(F)c3)C2=O)[C@@H](C)C1. The first-order chi connectivity index (χ1) is 12.0. The van der Waals surface area contributed by atoms with Gasteiger partial charge in [0.15, 0.2) is 0 Å². The van der Waals surface area contributed by atoms with Crippen LogP contribution >= 0.6 is 0 Å². The van der Waals surface area contributed by atoms with E-state index in [-0.39, 0.29) is 29.7 Å². The lowest BCUT2D eigenvalue weighted by molar-refractivity contribution is -0.131. The molecule has 2 fully saturated rings. The van der Waals surface area contributed by atoms with E-state index in [2.05, 4.69) is 12.2 Å². The molecule has 2 amide bonds. The second kappa shape index (κ2) is 7.52. The van der Waals surface area contributed by atoms with Crippen molar-refractivity contribution >= 4 is 17.5 Å². The van der Waals surface area contributed by atoms with Crippen LogP contribution in [0.15, 0.2) is 24.3 Å². The average Bonchev–Trinajstić information content (AvgIpc) is 2.58. The molecule has 6 heteroatoms. The Balaban J connectivity index is 1.65. The molecule has 0 radical (unpaired) electrons. The molecule has 2 heterocycles. The second-order valence-electron chi connectivity index (χ2n) is 7.17. The Hall–Kier alpha value is -1.95. The molecule has 5 nitrogen and oxygen atoms in total. The van der Waals surface area contributed by atoms with Crippen LogP contribution < -0.4 is 10.2 Å². The predicted molar refractivity (Wildman–Crippen MR) is 94.7 cm³/mol. The van der Waals surface area contributed by atoms with Gasteiger partial charge in [0, 0.05) is 38.3 Å². The number of benzene rings is 1. The Bertz CT molecular complexity index is 651. The minimum absolute atomic E-state index is 0.0121. The fourth-order valence-corrected chi connectivity index (χ4v) is 3.87. The maximum Gasteiger partial charge on any atom is 0.244 e. The maximum absolute atomic E-state index is 13.5. The monoisotopic (exact) mass is 347 g/mol. The van der Waals surface area contributed by atoms with Gasteiger partial charge in [0.2, 0.25) is 11.8 Å². The molecule has 2 saturated heterocycles. The highest BCUT2D eigenvalue weighted by atomic mass is 19.1. The summed E-state index contributed by atoms with van der Waals surface area (Å²) >= 11 is 0. The number of hydrogen-bond donors (Lipinski definition) is 1. The highest BCUT2D eigenvalue weighted by Gasteiger charge is 2.34. The van der Waals surface area contributed by atoms with Gasteiger partial charge >= 0.3 is 0 Å². The van der Waals surface area contributed by atoms with Crippen molar-refractivity contribution in [2.75, 3.05) is 24.5 Å². The molecule has 0 saturated carbocycles. The molecule has 0 aromatic heterocycles. The van der Waals surface area contributed by atoms with Gasteiger partial charge in [0.05, 0.1) is 6.04 Å². The topological polar surface area (TPSA) is 52.7 Å². The van der Waals surface area contributed by atoms with Gasteiger partial charge in [-0.1, -0.05) is 13.0 Å². The zero-order valence-electron chi connectivity index (χ0n) is 14.9. The Morgan fingerprint density at radius 3 is 2.76 bits per heavy atom. The van der Waals surface area contributed by atoms with Gasteiger partial charge in [-0.3, -0.25) is 9.59 Å². The Morgan fingerprint density at radius 2 is 2.08 bits per heavy atom. The van der Waals surface area contributed by atoms with Crippen molar-refractivity contribution in [1.82, 2.24) is 10.2 Å². The van der Waals surface area contributed by atoms with Crippen LogP contribution in [0.1, 0.15) is 33.1 Å². The minimum atomic E-state index is -0.328. The van der Waals surface area contributed by atoms with Gasteiger partial charge in [-0.05, 0) is 43.4 Å². The van der Waals surface area contributed by atoms with E-state index in [1.54, 1.807) is 24.0 Å². The molecule has 3 rings (SSSR count). The van der Waals surface area contributed by atoms with Crippen LogP contribution in [0.25, 0.3) is 0 Å². The summed E-state index contributed by atoms with van der Waals surface area (Å²) in [6, 6.07) is 6.18. The third kappa shape index (κ3) is 4.00. The molecule has 0 bridgehead atoms. The number of amides is 2. The first-order valence-corrected chi connectivity index (χ1v) is 9.04. The maximum atomic E-state index is 13.5. The molecule has 136 valence electrons. The molecule has 25 heavy (non-hydrogen) atoms. The van der Waals surface area contributed by atoms with Crippen LogP contribution in [-0.2, 0) is 9.59 Å². The molecule has 1 aromatic carbocycles. The first kappa shape index (κ1) is 17.9. The largest absolute Gasteiger partial charge is 0.343 e. The lowest BCUT2D eigenvalue weighted by Gasteiger charge is -2.40. The van der Waals surface area contributed by atoms with Gasteiger partial charge in [-0.25, -0.2) is 4.39 Å². The van der Waals surface area contributed by atoms with Crippen molar-refractivity contribution in [3.8, 4) is 0 Å².